The van der Waals surface area contributed by atoms with Gasteiger partial charge in [-0.1, -0.05) is 0 Å². The quantitative estimate of drug-likeness (QED) is 0.928. The molecule has 1 saturated heterocycles. The molecular formula is C15H20N4O. The number of nitrogens with zero attached hydrogens (tertiary/aromatic N) is 3. The summed E-state index contributed by atoms with van der Waals surface area (Å²) in [5.74, 6) is 2.11. The molecule has 1 atom stereocenters. The van der Waals surface area contributed by atoms with E-state index < -0.39 is 0 Å². The fraction of sp³-hybridized carbons (Fsp3) is 0.467. The molecule has 1 aliphatic rings. The van der Waals surface area contributed by atoms with Gasteiger partial charge in [-0.3, -0.25) is 0 Å². The van der Waals surface area contributed by atoms with Crippen LogP contribution in [0.3, 0.4) is 0 Å². The minimum atomic E-state index is 0.542. The Morgan fingerprint density at radius 3 is 3.15 bits per heavy atom. The lowest BCUT2D eigenvalue weighted by Gasteiger charge is -2.32. The first-order valence-electron chi connectivity index (χ1n) is 7.10. The Morgan fingerprint density at radius 1 is 1.50 bits per heavy atom. The summed E-state index contributed by atoms with van der Waals surface area (Å²) < 4.78 is 5.46. The highest BCUT2D eigenvalue weighted by atomic mass is 16.3. The Kier molecular flexibility index (Phi) is 3.69. The Morgan fingerprint density at radius 2 is 2.40 bits per heavy atom. The summed E-state index contributed by atoms with van der Waals surface area (Å²) in [6.07, 6.45) is 5.88. The fourth-order valence-corrected chi connectivity index (χ4v) is 2.69. The number of aryl methyl sites for hydroxylation is 1. The van der Waals surface area contributed by atoms with E-state index in [1.54, 1.807) is 6.26 Å². The number of hydrogen-bond donors (Lipinski definition) is 1. The third-order valence-electron chi connectivity index (χ3n) is 3.85. The molecule has 106 valence electrons. The molecule has 1 fully saturated rings. The average Bonchev–Trinajstić information content (AvgIpc) is 3.02. The van der Waals surface area contributed by atoms with Crippen LogP contribution < -0.4 is 10.6 Å². The summed E-state index contributed by atoms with van der Waals surface area (Å²) >= 11 is 0. The molecule has 0 radical (unpaired) electrons. The van der Waals surface area contributed by atoms with E-state index in [1.165, 1.54) is 6.42 Å². The van der Waals surface area contributed by atoms with Crippen molar-refractivity contribution in [2.75, 3.05) is 24.5 Å². The third-order valence-corrected chi connectivity index (χ3v) is 3.85. The predicted octanol–water partition coefficient (Wildman–Crippen LogP) is 2.22. The maximum absolute atomic E-state index is 5.79. The van der Waals surface area contributed by atoms with Gasteiger partial charge in [0.05, 0.1) is 6.26 Å². The van der Waals surface area contributed by atoms with Gasteiger partial charge in [0, 0.05) is 19.3 Å². The van der Waals surface area contributed by atoms with Crippen LogP contribution in [0, 0.1) is 12.8 Å². The minimum absolute atomic E-state index is 0.542. The van der Waals surface area contributed by atoms with Gasteiger partial charge in [0.2, 0.25) is 5.95 Å². The Hall–Kier alpha value is -1.88. The van der Waals surface area contributed by atoms with Crippen molar-refractivity contribution in [2.45, 2.75) is 19.8 Å². The van der Waals surface area contributed by atoms with E-state index in [0.717, 1.165) is 49.0 Å². The molecule has 5 heteroatoms. The van der Waals surface area contributed by atoms with E-state index in [9.17, 15) is 0 Å². The van der Waals surface area contributed by atoms with Gasteiger partial charge in [0.15, 0.2) is 5.76 Å². The molecule has 20 heavy (non-hydrogen) atoms. The van der Waals surface area contributed by atoms with Crippen LogP contribution in [0.1, 0.15) is 18.4 Å². The van der Waals surface area contributed by atoms with Crippen molar-refractivity contribution in [3.63, 3.8) is 0 Å². The molecule has 3 heterocycles. The zero-order valence-corrected chi connectivity index (χ0v) is 11.7. The third kappa shape index (κ3) is 2.54. The molecule has 2 aromatic heterocycles. The molecule has 2 aromatic rings. The number of hydrogen-bond acceptors (Lipinski definition) is 5. The lowest BCUT2D eigenvalue weighted by Crippen LogP contribution is -2.39. The number of piperidine rings is 1. The van der Waals surface area contributed by atoms with Crippen LogP contribution in [0.2, 0.25) is 0 Å². The van der Waals surface area contributed by atoms with Gasteiger partial charge in [-0.05, 0) is 49.9 Å². The van der Waals surface area contributed by atoms with E-state index in [0.29, 0.717) is 5.92 Å². The van der Waals surface area contributed by atoms with Crippen LogP contribution in [0.5, 0.6) is 0 Å². The van der Waals surface area contributed by atoms with Gasteiger partial charge in [-0.2, -0.15) is 0 Å². The van der Waals surface area contributed by atoms with Crippen LogP contribution in [-0.4, -0.2) is 29.6 Å². The van der Waals surface area contributed by atoms with Crippen LogP contribution in [-0.2, 0) is 0 Å². The van der Waals surface area contributed by atoms with Crippen LogP contribution in [0.4, 0.5) is 5.95 Å². The lowest BCUT2D eigenvalue weighted by atomic mass is 9.99. The number of furan rings is 1. The molecule has 0 spiro atoms. The molecule has 0 amide bonds. The first kappa shape index (κ1) is 13.1. The van der Waals surface area contributed by atoms with Gasteiger partial charge in [0.25, 0.3) is 0 Å². The van der Waals surface area contributed by atoms with E-state index >= 15 is 0 Å². The molecule has 3 rings (SSSR count). The number of nitrogens with two attached hydrogens (primary N) is 1. The average molecular weight is 272 g/mol. The molecule has 5 nitrogen and oxygen atoms in total. The minimum Gasteiger partial charge on any atom is -0.463 e. The van der Waals surface area contributed by atoms with Gasteiger partial charge >= 0.3 is 0 Å². The standard InChI is InChI=1S/C15H20N4O/c1-11-9-17-15(18-14(11)13-5-3-7-20-13)19-6-2-4-12(8-16)10-19/h3,5,7,9,12H,2,4,6,8,10,16H2,1H3. The second-order valence-corrected chi connectivity index (χ2v) is 5.37. The maximum Gasteiger partial charge on any atom is 0.225 e. The summed E-state index contributed by atoms with van der Waals surface area (Å²) in [5, 5.41) is 0. The summed E-state index contributed by atoms with van der Waals surface area (Å²) in [5.41, 5.74) is 7.69. The molecule has 1 aliphatic heterocycles. The van der Waals surface area contributed by atoms with Crippen molar-refractivity contribution in [3.8, 4) is 11.5 Å². The summed E-state index contributed by atoms with van der Waals surface area (Å²) in [4.78, 5) is 11.4. The smallest absolute Gasteiger partial charge is 0.225 e. The zero-order chi connectivity index (χ0) is 13.9. The van der Waals surface area contributed by atoms with Gasteiger partial charge in [-0.15, -0.1) is 0 Å². The van der Waals surface area contributed by atoms with E-state index in [-0.39, 0.29) is 0 Å². The van der Waals surface area contributed by atoms with Crippen molar-refractivity contribution in [1.82, 2.24) is 9.97 Å². The molecule has 0 aliphatic carbocycles. The lowest BCUT2D eigenvalue weighted by molar-refractivity contribution is 0.419. The highest BCUT2D eigenvalue weighted by Gasteiger charge is 2.21. The normalized spacial score (nSPS) is 19.3. The topological polar surface area (TPSA) is 68.2 Å². The molecule has 2 N–H and O–H groups in total. The van der Waals surface area contributed by atoms with Gasteiger partial charge in [-0.25, -0.2) is 9.97 Å². The largest absolute Gasteiger partial charge is 0.463 e. The van der Waals surface area contributed by atoms with Crippen LogP contribution >= 0.6 is 0 Å². The van der Waals surface area contributed by atoms with E-state index in [1.807, 2.05) is 25.3 Å². The summed E-state index contributed by atoms with van der Waals surface area (Å²) in [6.45, 7) is 4.67. The van der Waals surface area contributed by atoms with Crippen molar-refractivity contribution in [2.24, 2.45) is 11.7 Å². The fourth-order valence-electron chi connectivity index (χ4n) is 2.69. The number of anilines is 1. The highest BCUT2D eigenvalue weighted by molar-refractivity contribution is 5.58. The predicted molar refractivity (Wildman–Crippen MR) is 78.5 cm³/mol. The molecule has 1 unspecified atom stereocenters. The highest BCUT2D eigenvalue weighted by Crippen LogP contribution is 2.25. The Labute approximate surface area is 118 Å². The second kappa shape index (κ2) is 5.63. The first-order chi connectivity index (χ1) is 9.78. The van der Waals surface area contributed by atoms with Crippen molar-refractivity contribution in [1.29, 1.82) is 0 Å². The number of aromatic nitrogens is 2. The molecule has 0 bridgehead atoms. The molecule has 0 aromatic carbocycles. The zero-order valence-electron chi connectivity index (χ0n) is 11.7. The second-order valence-electron chi connectivity index (χ2n) is 5.37. The maximum atomic E-state index is 5.79. The van der Waals surface area contributed by atoms with E-state index in [4.69, 9.17) is 10.2 Å². The summed E-state index contributed by atoms with van der Waals surface area (Å²) in [6, 6.07) is 3.81. The monoisotopic (exact) mass is 272 g/mol. The molecular weight excluding hydrogens is 252 g/mol. The first-order valence-corrected chi connectivity index (χ1v) is 7.10. The van der Waals surface area contributed by atoms with Crippen molar-refractivity contribution in [3.05, 3.63) is 30.2 Å². The Bertz CT molecular complexity index is 567. The van der Waals surface area contributed by atoms with E-state index in [2.05, 4.69) is 14.9 Å². The Balaban J connectivity index is 1.89. The van der Waals surface area contributed by atoms with Gasteiger partial charge < -0.3 is 15.1 Å². The SMILES string of the molecule is Cc1cnc(N2CCCC(CN)C2)nc1-c1ccco1. The van der Waals surface area contributed by atoms with Crippen LogP contribution in [0.25, 0.3) is 11.5 Å². The van der Waals surface area contributed by atoms with Crippen molar-refractivity contribution < 1.29 is 4.42 Å². The van der Waals surface area contributed by atoms with Gasteiger partial charge in [0.1, 0.15) is 5.69 Å². The molecule has 0 saturated carbocycles. The van der Waals surface area contributed by atoms with Crippen molar-refractivity contribution >= 4 is 5.95 Å². The summed E-state index contributed by atoms with van der Waals surface area (Å²) in [7, 11) is 0. The number of rotatable bonds is 3. The van der Waals surface area contributed by atoms with Crippen LogP contribution in [0.15, 0.2) is 29.0 Å².